The largest absolute Gasteiger partial charge is 0.383 e. The Morgan fingerprint density at radius 3 is 2.67 bits per heavy atom. The Balaban J connectivity index is 2.53. The van der Waals surface area contributed by atoms with E-state index in [-0.39, 0.29) is 5.54 Å². The second kappa shape index (κ2) is 4.77. The summed E-state index contributed by atoms with van der Waals surface area (Å²) in [7, 11) is 3.68. The van der Waals surface area contributed by atoms with Gasteiger partial charge in [-0.1, -0.05) is 0 Å². The van der Waals surface area contributed by atoms with Crippen LogP contribution in [-0.4, -0.2) is 29.0 Å². The summed E-state index contributed by atoms with van der Waals surface area (Å²) in [6.07, 6.45) is 1.91. The van der Waals surface area contributed by atoms with Crippen molar-refractivity contribution in [1.29, 1.82) is 0 Å². The zero-order chi connectivity index (χ0) is 11.5. The number of rotatable bonds is 5. The number of aryl methyl sites for hydroxylation is 1. The molecule has 0 aliphatic heterocycles. The van der Waals surface area contributed by atoms with E-state index in [1.54, 1.807) is 7.11 Å². The van der Waals surface area contributed by atoms with Crippen LogP contribution in [0.15, 0.2) is 6.20 Å². The highest BCUT2D eigenvalue weighted by Crippen LogP contribution is 2.08. The number of hydrogen-bond donors (Lipinski definition) is 1. The fourth-order valence-electron chi connectivity index (χ4n) is 1.46. The van der Waals surface area contributed by atoms with Gasteiger partial charge in [-0.25, -0.2) is 0 Å². The number of hydrogen-bond acceptors (Lipinski definition) is 3. The van der Waals surface area contributed by atoms with E-state index in [0.717, 1.165) is 6.54 Å². The van der Waals surface area contributed by atoms with Gasteiger partial charge in [-0.2, -0.15) is 5.10 Å². The smallest absolute Gasteiger partial charge is 0.0639 e. The molecule has 0 bridgehead atoms. The molecule has 1 rings (SSSR count). The van der Waals surface area contributed by atoms with Crippen LogP contribution in [0.3, 0.4) is 0 Å². The van der Waals surface area contributed by atoms with Crippen molar-refractivity contribution in [3.8, 4) is 0 Å². The lowest BCUT2D eigenvalue weighted by molar-refractivity contribution is 0.127. The van der Waals surface area contributed by atoms with Crippen molar-refractivity contribution in [3.05, 3.63) is 17.5 Å². The molecular formula is C11H21N3O. The Kier molecular flexibility index (Phi) is 3.88. The molecule has 0 amide bonds. The van der Waals surface area contributed by atoms with Crippen LogP contribution < -0.4 is 5.32 Å². The first-order valence-electron chi connectivity index (χ1n) is 5.18. The van der Waals surface area contributed by atoms with E-state index in [9.17, 15) is 0 Å². The Bertz CT molecular complexity index is 318. The molecule has 4 nitrogen and oxygen atoms in total. The van der Waals surface area contributed by atoms with E-state index in [1.807, 2.05) is 17.9 Å². The summed E-state index contributed by atoms with van der Waals surface area (Å²) in [4.78, 5) is 0. The zero-order valence-electron chi connectivity index (χ0n) is 10.3. The van der Waals surface area contributed by atoms with Crippen LogP contribution in [-0.2, 0) is 18.3 Å². The Labute approximate surface area is 91.6 Å². The quantitative estimate of drug-likeness (QED) is 0.796. The summed E-state index contributed by atoms with van der Waals surface area (Å²) >= 11 is 0. The maximum atomic E-state index is 5.15. The summed E-state index contributed by atoms with van der Waals surface area (Å²) in [5.41, 5.74) is 2.44. The summed E-state index contributed by atoms with van der Waals surface area (Å²) in [5, 5.41) is 7.66. The molecular weight excluding hydrogens is 190 g/mol. The Morgan fingerprint density at radius 2 is 2.20 bits per heavy atom. The molecule has 1 aromatic heterocycles. The monoisotopic (exact) mass is 211 g/mol. The van der Waals surface area contributed by atoms with E-state index in [0.29, 0.717) is 6.61 Å². The zero-order valence-corrected chi connectivity index (χ0v) is 10.3. The van der Waals surface area contributed by atoms with Gasteiger partial charge in [-0.05, 0) is 20.8 Å². The van der Waals surface area contributed by atoms with E-state index < -0.39 is 0 Å². The Morgan fingerprint density at radius 1 is 1.53 bits per heavy atom. The van der Waals surface area contributed by atoms with Crippen molar-refractivity contribution >= 4 is 0 Å². The maximum Gasteiger partial charge on any atom is 0.0639 e. The maximum absolute atomic E-state index is 5.15. The number of nitrogens with one attached hydrogen (secondary N) is 1. The first kappa shape index (κ1) is 12.2. The van der Waals surface area contributed by atoms with Crippen molar-refractivity contribution < 1.29 is 4.74 Å². The van der Waals surface area contributed by atoms with Gasteiger partial charge in [0, 0.05) is 37.5 Å². The fraction of sp³-hybridized carbons (Fsp3) is 0.727. The van der Waals surface area contributed by atoms with Gasteiger partial charge in [0.1, 0.15) is 0 Å². The minimum absolute atomic E-state index is 0.00295. The second-order valence-electron chi connectivity index (χ2n) is 4.55. The summed E-state index contributed by atoms with van der Waals surface area (Å²) in [5.74, 6) is 0. The molecule has 15 heavy (non-hydrogen) atoms. The number of aromatic nitrogens is 2. The minimum atomic E-state index is -0.00295. The van der Waals surface area contributed by atoms with Crippen LogP contribution in [0.1, 0.15) is 25.1 Å². The third-order valence-electron chi connectivity index (χ3n) is 2.60. The molecule has 0 spiro atoms. The lowest BCUT2D eigenvalue weighted by atomic mass is 10.1. The van der Waals surface area contributed by atoms with Gasteiger partial charge < -0.3 is 10.1 Å². The molecule has 86 valence electrons. The van der Waals surface area contributed by atoms with Crippen LogP contribution in [0, 0.1) is 6.92 Å². The topological polar surface area (TPSA) is 39.1 Å². The predicted molar refractivity (Wildman–Crippen MR) is 60.7 cm³/mol. The molecule has 0 unspecified atom stereocenters. The van der Waals surface area contributed by atoms with Crippen LogP contribution in [0.4, 0.5) is 0 Å². The third-order valence-corrected chi connectivity index (χ3v) is 2.60. The van der Waals surface area contributed by atoms with E-state index in [2.05, 4.69) is 31.2 Å². The van der Waals surface area contributed by atoms with Crippen molar-refractivity contribution in [3.63, 3.8) is 0 Å². The second-order valence-corrected chi connectivity index (χ2v) is 4.55. The van der Waals surface area contributed by atoms with Gasteiger partial charge in [0.15, 0.2) is 0 Å². The SMILES string of the molecule is COCC(C)(C)NCc1cnn(C)c1C. The molecule has 0 fully saturated rings. The van der Waals surface area contributed by atoms with Crippen LogP contribution in [0.5, 0.6) is 0 Å². The van der Waals surface area contributed by atoms with Gasteiger partial charge in [-0.15, -0.1) is 0 Å². The molecule has 0 aliphatic carbocycles. The molecule has 4 heteroatoms. The standard InChI is InChI=1S/C11H21N3O/c1-9-10(7-13-14(9)4)6-12-11(2,3)8-15-5/h7,12H,6,8H2,1-5H3. The highest BCUT2D eigenvalue weighted by atomic mass is 16.5. The first-order valence-corrected chi connectivity index (χ1v) is 5.18. The normalized spacial score (nSPS) is 12.1. The lowest BCUT2D eigenvalue weighted by Crippen LogP contribution is -2.42. The van der Waals surface area contributed by atoms with Crippen molar-refractivity contribution in [1.82, 2.24) is 15.1 Å². The van der Waals surface area contributed by atoms with Gasteiger partial charge in [0.05, 0.1) is 12.8 Å². The Hall–Kier alpha value is -0.870. The summed E-state index contributed by atoms with van der Waals surface area (Å²) < 4.78 is 7.04. The molecule has 0 aromatic carbocycles. The molecule has 0 aliphatic rings. The van der Waals surface area contributed by atoms with Gasteiger partial charge in [0.25, 0.3) is 0 Å². The first-order chi connectivity index (χ1) is 6.96. The average Bonchev–Trinajstić information content (AvgIpc) is 2.45. The van der Waals surface area contributed by atoms with Crippen LogP contribution in [0.2, 0.25) is 0 Å². The molecule has 0 saturated carbocycles. The molecule has 0 radical (unpaired) electrons. The van der Waals surface area contributed by atoms with E-state index in [1.165, 1.54) is 11.3 Å². The number of nitrogens with zero attached hydrogens (tertiary/aromatic N) is 2. The van der Waals surface area contributed by atoms with Crippen molar-refractivity contribution in [2.45, 2.75) is 32.9 Å². The number of ether oxygens (including phenoxy) is 1. The van der Waals surface area contributed by atoms with Crippen LogP contribution >= 0.6 is 0 Å². The van der Waals surface area contributed by atoms with E-state index >= 15 is 0 Å². The van der Waals surface area contributed by atoms with Crippen molar-refractivity contribution in [2.75, 3.05) is 13.7 Å². The fourth-order valence-corrected chi connectivity index (χ4v) is 1.46. The third kappa shape index (κ3) is 3.32. The highest BCUT2D eigenvalue weighted by molar-refractivity contribution is 5.15. The summed E-state index contributed by atoms with van der Waals surface area (Å²) in [6.45, 7) is 7.86. The lowest BCUT2D eigenvalue weighted by Gasteiger charge is -2.25. The molecule has 0 saturated heterocycles. The van der Waals surface area contributed by atoms with Crippen molar-refractivity contribution in [2.24, 2.45) is 7.05 Å². The predicted octanol–water partition coefficient (Wildman–Crippen LogP) is 1.24. The molecule has 0 atom stereocenters. The highest BCUT2D eigenvalue weighted by Gasteiger charge is 2.17. The molecule has 1 aromatic rings. The van der Waals surface area contributed by atoms with Gasteiger partial charge in [-0.3, -0.25) is 4.68 Å². The summed E-state index contributed by atoms with van der Waals surface area (Å²) in [6, 6.07) is 0. The number of methoxy groups -OCH3 is 1. The molecule has 1 N–H and O–H groups in total. The van der Waals surface area contributed by atoms with Gasteiger partial charge in [0.2, 0.25) is 0 Å². The van der Waals surface area contributed by atoms with E-state index in [4.69, 9.17) is 4.74 Å². The minimum Gasteiger partial charge on any atom is -0.383 e. The van der Waals surface area contributed by atoms with Gasteiger partial charge >= 0.3 is 0 Å². The molecule has 1 heterocycles. The average molecular weight is 211 g/mol. The van der Waals surface area contributed by atoms with Crippen LogP contribution in [0.25, 0.3) is 0 Å².